The van der Waals surface area contributed by atoms with Gasteiger partial charge in [-0.3, -0.25) is 0 Å². The van der Waals surface area contributed by atoms with Crippen LogP contribution in [0.5, 0.6) is 0 Å². The SMILES string of the molecule is C[I-]C1C=CC2=C(C1)c1ccccc1C2(C)C. The zero-order valence-corrected chi connectivity index (χ0v) is 12.8. The average Bonchev–Trinajstić information content (AvgIpc) is 2.59. The van der Waals surface area contributed by atoms with Crippen molar-refractivity contribution < 1.29 is 21.2 Å². The first-order valence-electron chi connectivity index (χ1n) is 6.14. The number of fused-ring (bicyclic) bond motifs is 2. The number of hydrogen-bond acceptors (Lipinski definition) is 0. The Balaban J connectivity index is 2.16. The molecule has 1 heteroatoms. The van der Waals surface area contributed by atoms with Gasteiger partial charge >= 0.3 is 114 Å². The minimum atomic E-state index is 0.208. The molecule has 2 aliphatic rings. The van der Waals surface area contributed by atoms with Crippen molar-refractivity contribution in [1.82, 2.24) is 0 Å². The van der Waals surface area contributed by atoms with E-state index in [-0.39, 0.29) is 5.41 Å². The Kier molecular flexibility index (Phi) is 2.69. The second-order valence-corrected chi connectivity index (χ2v) is 8.21. The summed E-state index contributed by atoms with van der Waals surface area (Å²) in [6, 6.07) is 8.97. The molecule has 1 atom stereocenters. The van der Waals surface area contributed by atoms with Crippen LogP contribution in [-0.2, 0) is 5.41 Å². The van der Waals surface area contributed by atoms with E-state index in [0.717, 1.165) is 3.92 Å². The third-order valence-electron chi connectivity index (χ3n) is 4.08. The van der Waals surface area contributed by atoms with Gasteiger partial charge in [0, 0.05) is 0 Å². The van der Waals surface area contributed by atoms with E-state index >= 15 is 0 Å². The van der Waals surface area contributed by atoms with Gasteiger partial charge in [0.2, 0.25) is 0 Å². The fraction of sp³-hybridized carbons (Fsp3) is 0.375. The molecule has 0 nitrogen and oxygen atoms in total. The fourth-order valence-corrected chi connectivity index (χ4v) is 4.60. The van der Waals surface area contributed by atoms with Crippen LogP contribution >= 0.6 is 0 Å². The molecule has 90 valence electrons. The van der Waals surface area contributed by atoms with Gasteiger partial charge in [0.15, 0.2) is 0 Å². The van der Waals surface area contributed by atoms with Crippen LogP contribution in [0.25, 0.3) is 5.57 Å². The van der Waals surface area contributed by atoms with Gasteiger partial charge < -0.3 is 0 Å². The third-order valence-corrected chi connectivity index (χ3v) is 6.53. The van der Waals surface area contributed by atoms with Gasteiger partial charge in [0.25, 0.3) is 0 Å². The number of halogens is 1. The molecule has 0 radical (unpaired) electrons. The van der Waals surface area contributed by atoms with Crippen molar-refractivity contribution in [3.8, 4) is 0 Å². The molecular formula is C16H18I-. The van der Waals surface area contributed by atoms with Crippen LogP contribution < -0.4 is 21.2 Å². The second-order valence-electron chi connectivity index (χ2n) is 5.36. The molecule has 0 bridgehead atoms. The van der Waals surface area contributed by atoms with Crippen LogP contribution in [0.3, 0.4) is 0 Å². The molecule has 1 aromatic rings. The van der Waals surface area contributed by atoms with Gasteiger partial charge in [0.1, 0.15) is 0 Å². The van der Waals surface area contributed by atoms with Crippen molar-refractivity contribution in [1.29, 1.82) is 0 Å². The number of benzene rings is 1. The van der Waals surface area contributed by atoms with E-state index in [2.05, 4.69) is 55.2 Å². The van der Waals surface area contributed by atoms with Crippen molar-refractivity contribution in [2.75, 3.05) is 4.93 Å². The topological polar surface area (TPSA) is 0 Å². The molecule has 0 spiro atoms. The molecule has 0 saturated heterocycles. The first-order chi connectivity index (χ1) is 8.14. The summed E-state index contributed by atoms with van der Waals surface area (Å²) in [4.78, 5) is 2.39. The molecule has 0 aromatic heterocycles. The second kappa shape index (κ2) is 3.98. The summed E-state index contributed by atoms with van der Waals surface area (Å²) >= 11 is 0.318. The first kappa shape index (κ1) is 11.5. The van der Waals surface area contributed by atoms with E-state index in [1.54, 1.807) is 11.1 Å². The summed E-state index contributed by atoms with van der Waals surface area (Å²) < 4.78 is 0.842. The monoisotopic (exact) mass is 337 g/mol. The van der Waals surface area contributed by atoms with E-state index in [4.69, 9.17) is 0 Å². The van der Waals surface area contributed by atoms with Gasteiger partial charge in [-0.1, -0.05) is 0 Å². The maximum atomic E-state index is 2.46. The van der Waals surface area contributed by atoms with Crippen LogP contribution in [0.2, 0.25) is 0 Å². The van der Waals surface area contributed by atoms with Crippen LogP contribution in [0.1, 0.15) is 31.4 Å². The maximum absolute atomic E-state index is 2.46. The Labute approximate surface area is 114 Å². The minimum absolute atomic E-state index is 0.208. The van der Waals surface area contributed by atoms with E-state index in [1.165, 1.54) is 17.5 Å². The van der Waals surface area contributed by atoms with E-state index in [9.17, 15) is 0 Å². The Morgan fingerprint density at radius 2 is 2.00 bits per heavy atom. The van der Waals surface area contributed by atoms with E-state index in [1.807, 2.05) is 0 Å². The van der Waals surface area contributed by atoms with Gasteiger partial charge in [0.05, 0.1) is 0 Å². The van der Waals surface area contributed by atoms with Crippen LogP contribution in [-0.4, -0.2) is 8.86 Å². The average molecular weight is 337 g/mol. The van der Waals surface area contributed by atoms with Crippen molar-refractivity contribution in [3.63, 3.8) is 0 Å². The third kappa shape index (κ3) is 1.62. The Morgan fingerprint density at radius 1 is 1.24 bits per heavy atom. The molecule has 3 rings (SSSR count). The Hall–Kier alpha value is -0.570. The first-order valence-corrected chi connectivity index (χ1v) is 9.54. The molecule has 0 saturated carbocycles. The van der Waals surface area contributed by atoms with Crippen molar-refractivity contribution >= 4 is 5.57 Å². The standard InChI is InChI=1S/C16H18I/c1-16(2)14-7-5-4-6-12(14)13-10-11(17-3)8-9-15(13)16/h4-9,11H,10H2,1-3H3/q-1. The molecule has 0 N–H and O–H groups in total. The Morgan fingerprint density at radius 3 is 2.76 bits per heavy atom. The van der Waals surface area contributed by atoms with E-state index < -0.39 is 0 Å². The quantitative estimate of drug-likeness (QED) is 0.525. The summed E-state index contributed by atoms with van der Waals surface area (Å²) in [5.41, 5.74) is 6.43. The van der Waals surface area contributed by atoms with Crippen molar-refractivity contribution in [2.45, 2.75) is 29.6 Å². The summed E-state index contributed by atoms with van der Waals surface area (Å²) in [7, 11) is 0. The fourth-order valence-electron chi connectivity index (χ4n) is 3.10. The number of hydrogen-bond donors (Lipinski definition) is 0. The van der Waals surface area contributed by atoms with Gasteiger partial charge in [-0.25, -0.2) is 0 Å². The van der Waals surface area contributed by atoms with Crippen molar-refractivity contribution in [2.24, 2.45) is 0 Å². The Bertz CT molecular complexity index is 520. The van der Waals surface area contributed by atoms with Gasteiger partial charge in [-0.05, 0) is 0 Å². The molecule has 0 aliphatic heterocycles. The van der Waals surface area contributed by atoms with Crippen LogP contribution in [0.4, 0.5) is 0 Å². The number of rotatable bonds is 1. The predicted molar refractivity (Wildman–Crippen MR) is 69.9 cm³/mol. The van der Waals surface area contributed by atoms with Gasteiger partial charge in [-0.2, -0.15) is 0 Å². The number of allylic oxidation sites excluding steroid dienone is 4. The number of alkyl halides is 2. The van der Waals surface area contributed by atoms with Crippen LogP contribution in [0, 0.1) is 0 Å². The summed E-state index contributed by atoms with van der Waals surface area (Å²) in [5.74, 6) is 0. The van der Waals surface area contributed by atoms with E-state index in [0.29, 0.717) is 21.2 Å². The molecule has 0 amide bonds. The molecule has 0 heterocycles. The van der Waals surface area contributed by atoms with Gasteiger partial charge in [-0.15, -0.1) is 0 Å². The summed E-state index contributed by atoms with van der Waals surface area (Å²) in [6.07, 6.45) is 6.14. The molecule has 17 heavy (non-hydrogen) atoms. The van der Waals surface area contributed by atoms with Crippen molar-refractivity contribution in [3.05, 3.63) is 53.1 Å². The zero-order valence-electron chi connectivity index (χ0n) is 10.6. The normalized spacial score (nSPS) is 25.0. The molecule has 0 fully saturated rings. The predicted octanol–water partition coefficient (Wildman–Crippen LogP) is 0.779. The van der Waals surface area contributed by atoms with Crippen LogP contribution in [0.15, 0.2) is 42.0 Å². The molecule has 1 aromatic carbocycles. The molecular weight excluding hydrogens is 319 g/mol. The molecule has 2 aliphatic carbocycles. The zero-order chi connectivity index (χ0) is 12.0. The summed E-state index contributed by atoms with van der Waals surface area (Å²) in [5, 5.41) is 0. The summed E-state index contributed by atoms with van der Waals surface area (Å²) in [6.45, 7) is 4.72. The molecule has 1 unspecified atom stereocenters.